The van der Waals surface area contributed by atoms with Crippen LogP contribution in [-0.4, -0.2) is 35.5 Å². The molecule has 3 rings (SSSR count). The third-order valence-corrected chi connectivity index (χ3v) is 7.19. The smallest absolute Gasteiger partial charge is 0.326 e. The van der Waals surface area contributed by atoms with E-state index in [9.17, 15) is 14.7 Å². The van der Waals surface area contributed by atoms with Gasteiger partial charge in [-0.2, -0.15) is 0 Å². The lowest BCUT2D eigenvalue weighted by Gasteiger charge is -2.17. The van der Waals surface area contributed by atoms with Crippen molar-refractivity contribution in [2.24, 2.45) is 16.5 Å². The predicted molar refractivity (Wildman–Crippen MR) is 142 cm³/mol. The molecule has 2 aromatic carbocycles. The van der Waals surface area contributed by atoms with E-state index in [0.717, 1.165) is 21.6 Å². The largest absolute Gasteiger partial charge is 0.480 e. The van der Waals surface area contributed by atoms with Crippen molar-refractivity contribution in [2.45, 2.75) is 31.7 Å². The van der Waals surface area contributed by atoms with Crippen molar-refractivity contribution in [1.29, 1.82) is 0 Å². The number of aliphatic imine (C=N–C) groups is 1. The zero-order chi connectivity index (χ0) is 25.5. The minimum atomic E-state index is -1.11. The van der Waals surface area contributed by atoms with Gasteiger partial charge in [0.2, 0.25) is 0 Å². The highest BCUT2D eigenvalue weighted by atomic mass is 35.5. The van der Waals surface area contributed by atoms with Gasteiger partial charge in [0.25, 0.3) is 5.91 Å². The Morgan fingerprint density at radius 3 is 2.06 bits per heavy atom. The molecule has 0 saturated heterocycles. The number of nitrogens with one attached hydrogen (secondary N) is 1. The van der Waals surface area contributed by atoms with Crippen LogP contribution in [0, 0.1) is 6.92 Å². The second-order valence-corrected chi connectivity index (χ2v) is 9.97. The van der Waals surface area contributed by atoms with E-state index < -0.39 is 17.9 Å². The van der Waals surface area contributed by atoms with E-state index in [0.29, 0.717) is 21.3 Å². The highest BCUT2D eigenvalue weighted by Gasteiger charge is 2.25. The number of guanidine groups is 1. The van der Waals surface area contributed by atoms with Gasteiger partial charge < -0.3 is 21.9 Å². The number of aryl methyl sites for hydroxylation is 1. The van der Waals surface area contributed by atoms with E-state index >= 15 is 0 Å². The van der Waals surface area contributed by atoms with Crippen LogP contribution in [0.3, 0.4) is 0 Å². The van der Waals surface area contributed by atoms with Crippen molar-refractivity contribution < 1.29 is 14.7 Å². The number of nitrogens with zero attached hydrogens (tertiary/aromatic N) is 1. The fourth-order valence-electron chi connectivity index (χ4n) is 3.69. The van der Waals surface area contributed by atoms with Crippen molar-refractivity contribution in [3.05, 3.63) is 91.1 Å². The van der Waals surface area contributed by atoms with Gasteiger partial charge in [0.05, 0.1) is 4.88 Å². The maximum Gasteiger partial charge on any atom is 0.326 e. The van der Waals surface area contributed by atoms with Crippen molar-refractivity contribution in [3.8, 4) is 0 Å². The molecule has 0 aliphatic heterocycles. The number of carbonyl (C=O) groups excluding carboxylic acids is 1. The Kier molecular flexibility index (Phi) is 9.14. The summed E-state index contributed by atoms with van der Waals surface area (Å²) in [5, 5.41) is 13.5. The molecule has 3 aromatic rings. The van der Waals surface area contributed by atoms with Crippen LogP contribution < -0.4 is 16.8 Å². The topological polar surface area (TPSA) is 131 Å². The Morgan fingerprint density at radius 1 is 1.03 bits per heavy atom. The van der Waals surface area contributed by atoms with Gasteiger partial charge in [0.1, 0.15) is 6.04 Å². The van der Waals surface area contributed by atoms with Crippen LogP contribution in [0.25, 0.3) is 0 Å². The summed E-state index contributed by atoms with van der Waals surface area (Å²) in [5.41, 5.74) is 13.4. The second-order valence-electron chi connectivity index (χ2n) is 8.01. The highest BCUT2D eigenvalue weighted by Crippen LogP contribution is 2.38. The van der Waals surface area contributed by atoms with Crippen molar-refractivity contribution in [1.82, 2.24) is 5.32 Å². The van der Waals surface area contributed by atoms with Crippen LogP contribution in [-0.2, 0) is 4.79 Å². The van der Waals surface area contributed by atoms with Crippen LogP contribution in [0.5, 0.6) is 0 Å². The van der Waals surface area contributed by atoms with Crippen molar-refractivity contribution in [2.75, 3.05) is 6.54 Å². The molecule has 0 unspecified atom stereocenters. The van der Waals surface area contributed by atoms with E-state index in [2.05, 4.69) is 10.3 Å². The molecular weight excluding hydrogens is 507 g/mol. The molecule has 0 aliphatic rings. The quantitative estimate of drug-likeness (QED) is 0.169. The Hall–Kier alpha value is -3.07. The van der Waals surface area contributed by atoms with Crippen LogP contribution >= 0.6 is 34.5 Å². The molecule has 184 valence electrons. The number of carbonyl (C=O) groups is 2. The lowest BCUT2D eigenvalue weighted by molar-refractivity contribution is -0.139. The first-order chi connectivity index (χ1) is 16.7. The number of hydrogen-bond donors (Lipinski definition) is 4. The molecule has 0 radical (unpaired) electrons. The summed E-state index contributed by atoms with van der Waals surface area (Å²) in [6.45, 7) is 2.12. The van der Waals surface area contributed by atoms with Crippen LogP contribution in [0.2, 0.25) is 10.0 Å². The van der Waals surface area contributed by atoms with Gasteiger partial charge in [-0.1, -0.05) is 47.5 Å². The fraction of sp³-hybridized carbons (Fsp3) is 0.240. The number of carboxylic acid groups (broad SMARTS) is 1. The fourth-order valence-corrected chi connectivity index (χ4v) is 5.18. The number of halogens is 2. The molecule has 0 bridgehead atoms. The monoisotopic (exact) mass is 532 g/mol. The van der Waals surface area contributed by atoms with Gasteiger partial charge >= 0.3 is 5.97 Å². The Morgan fingerprint density at radius 2 is 1.57 bits per heavy atom. The summed E-state index contributed by atoms with van der Waals surface area (Å²) in [7, 11) is 0. The molecule has 1 aromatic heterocycles. The molecular formula is C25H26Cl2N4O3S. The number of amides is 1. The first-order valence-corrected chi connectivity index (χ1v) is 12.4. The van der Waals surface area contributed by atoms with Gasteiger partial charge in [-0.15, -0.1) is 11.3 Å². The zero-order valence-electron chi connectivity index (χ0n) is 19.0. The average molecular weight is 533 g/mol. The summed E-state index contributed by atoms with van der Waals surface area (Å²) in [4.78, 5) is 30.0. The van der Waals surface area contributed by atoms with Crippen molar-refractivity contribution >= 4 is 52.4 Å². The number of nitrogens with two attached hydrogens (primary N) is 2. The predicted octanol–water partition coefficient (Wildman–Crippen LogP) is 4.78. The summed E-state index contributed by atoms with van der Waals surface area (Å²) >= 11 is 13.5. The van der Waals surface area contributed by atoms with Gasteiger partial charge in [0.15, 0.2) is 5.96 Å². The first-order valence-electron chi connectivity index (χ1n) is 10.9. The molecule has 35 heavy (non-hydrogen) atoms. The molecule has 0 spiro atoms. The SMILES string of the molecule is Cc1cc(C(c2ccc(Cl)cc2)c2ccc(Cl)cc2)sc1C(=O)N[C@@H](CCCN=C(N)N)C(=O)O. The first kappa shape index (κ1) is 26.5. The average Bonchev–Trinajstić information content (AvgIpc) is 3.19. The van der Waals surface area contributed by atoms with E-state index in [1.807, 2.05) is 61.5 Å². The Balaban J connectivity index is 1.87. The Labute approximate surface area is 217 Å². The molecule has 1 atom stereocenters. The number of thiophene rings is 1. The number of rotatable bonds is 10. The minimum Gasteiger partial charge on any atom is -0.480 e. The molecule has 0 saturated carbocycles. The molecule has 0 fully saturated rings. The van der Waals surface area contributed by atoms with Gasteiger partial charge in [0, 0.05) is 27.4 Å². The normalized spacial score (nSPS) is 11.8. The molecule has 0 aliphatic carbocycles. The van der Waals surface area contributed by atoms with Gasteiger partial charge in [-0.25, -0.2) is 4.79 Å². The van der Waals surface area contributed by atoms with Crippen LogP contribution in [0.15, 0.2) is 59.6 Å². The summed E-state index contributed by atoms with van der Waals surface area (Å²) in [6.07, 6.45) is 0.617. The molecule has 1 amide bonds. The number of aliphatic carboxylic acids is 1. The zero-order valence-corrected chi connectivity index (χ0v) is 21.3. The second kappa shape index (κ2) is 12.1. The van der Waals surface area contributed by atoms with Crippen LogP contribution in [0.4, 0.5) is 0 Å². The standard InChI is InChI=1S/C25H26Cl2N4O3S/c1-14-13-20(21(15-4-8-17(26)9-5-15)16-6-10-18(27)11-7-16)35-22(14)23(32)31-19(24(33)34)3-2-12-30-25(28)29/h4-11,13,19,21H,2-3,12H2,1H3,(H,31,32)(H,33,34)(H4,28,29,30)/t19-/m0/s1. The number of hydrogen-bond acceptors (Lipinski definition) is 4. The highest BCUT2D eigenvalue weighted by molar-refractivity contribution is 7.14. The summed E-state index contributed by atoms with van der Waals surface area (Å²) in [6, 6.07) is 16.0. The maximum atomic E-state index is 13.1. The number of carboxylic acids is 1. The number of benzene rings is 2. The molecule has 1 heterocycles. The maximum absolute atomic E-state index is 13.1. The van der Waals surface area contributed by atoms with Crippen LogP contribution in [0.1, 0.15) is 50.0 Å². The van der Waals surface area contributed by atoms with E-state index in [-0.39, 0.29) is 24.8 Å². The third kappa shape index (κ3) is 7.21. The van der Waals surface area contributed by atoms with Gasteiger partial charge in [-0.3, -0.25) is 9.79 Å². The molecule has 6 N–H and O–H groups in total. The molecule has 7 nitrogen and oxygen atoms in total. The lowest BCUT2D eigenvalue weighted by atomic mass is 9.90. The summed E-state index contributed by atoms with van der Waals surface area (Å²) < 4.78 is 0. The van der Waals surface area contributed by atoms with Gasteiger partial charge in [-0.05, 0) is 66.8 Å². The van der Waals surface area contributed by atoms with E-state index in [1.54, 1.807) is 0 Å². The van der Waals surface area contributed by atoms with E-state index in [1.165, 1.54) is 11.3 Å². The minimum absolute atomic E-state index is 0.0569. The van der Waals surface area contributed by atoms with Crippen molar-refractivity contribution in [3.63, 3.8) is 0 Å². The Bertz CT molecular complexity index is 1160. The third-order valence-electron chi connectivity index (χ3n) is 5.38. The lowest BCUT2D eigenvalue weighted by Crippen LogP contribution is -2.40. The summed E-state index contributed by atoms with van der Waals surface area (Å²) in [5.74, 6) is -1.75. The van der Waals surface area contributed by atoms with E-state index in [4.69, 9.17) is 34.7 Å². The molecule has 10 heteroatoms.